The van der Waals surface area contributed by atoms with E-state index < -0.39 is 5.97 Å². The number of hydrogen-bond acceptors (Lipinski definition) is 3. The quantitative estimate of drug-likeness (QED) is 0.917. The van der Waals surface area contributed by atoms with E-state index in [4.69, 9.17) is 9.84 Å². The second-order valence-electron chi connectivity index (χ2n) is 6.40. The Morgan fingerprint density at radius 2 is 1.80 bits per heavy atom. The molecule has 0 radical (unpaired) electrons. The molecule has 0 bridgehead atoms. The smallest absolute Gasteiger partial charge is 0.410 e. The van der Waals surface area contributed by atoms with Crippen molar-refractivity contribution in [2.45, 2.75) is 31.9 Å². The normalized spacial score (nSPS) is 19.6. The van der Waals surface area contributed by atoms with Crippen LogP contribution < -0.4 is 0 Å². The average Bonchev–Trinajstić information content (AvgIpc) is 3.02. The number of carboxylic acid groups (broad SMARTS) is 1. The van der Waals surface area contributed by atoms with Crippen LogP contribution in [0, 0.1) is 0 Å². The number of rotatable bonds is 4. The monoisotopic (exact) mass is 339 g/mol. The Bertz CT molecular complexity index is 742. The average molecular weight is 339 g/mol. The molecule has 1 aliphatic rings. The third kappa shape index (κ3) is 3.99. The van der Waals surface area contributed by atoms with Crippen LogP contribution in [0.1, 0.15) is 40.7 Å². The first-order valence-corrected chi connectivity index (χ1v) is 8.35. The number of likely N-dealkylation sites (tertiary alicyclic amines) is 1. The molecule has 5 heteroatoms. The first kappa shape index (κ1) is 17.0. The van der Waals surface area contributed by atoms with Crippen LogP contribution in [-0.2, 0) is 11.3 Å². The van der Waals surface area contributed by atoms with Crippen molar-refractivity contribution < 1.29 is 19.4 Å². The zero-order chi connectivity index (χ0) is 17.8. The van der Waals surface area contributed by atoms with Crippen molar-refractivity contribution in [2.24, 2.45) is 0 Å². The summed E-state index contributed by atoms with van der Waals surface area (Å²) in [4.78, 5) is 25.1. The Hall–Kier alpha value is -2.82. The van der Waals surface area contributed by atoms with Gasteiger partial charge in [0.1, 0.15) is 6.61 Å². The predicted molar refractivity (Wildman–Crippen MR) is 93.6 cm³/mol. The van der Waals surface area contributed by atoms with Gasteiger partial charge in [-0.15, -0.1) is 0 Å². The van der Waals surface area contributed by atoms with Crippen molar-refractivity contribution in [1.82, 2.24) is 4.90 Å². The fraction of sp³-hybridized carbons (Fsp3) is 0.300. The van der Waals surface area contributed by atoms with Gasteiger partial charge in [-0.2, -0.15) is 0 Å². The van der Waals surface area contributed by atoms with Crippen molar-refractivity contribution in [3.8, 4) is 0 Å². The highest BCUT2D eigenvalue weighted by Crippen LogP contribution is 2.32. The number of amides is 1. The molecule has 1 aliphatic heterocycles. The summed E-state index contributed by atoms with van der Waals surface area (Å²) in [5.74, 6) is -0.737. The SMILES string of the molecule is C[C@H]1C[C@@H](c2ccc(C(=O)O)cc2)CN1C(=O)OCc1ccccc1. The van der Waals surface area contributed by atoms with E-state index in [2.05, 4.69) is 0 Å². The van der Waals surface area contributed by atoms with Crippen LogP contribution in [0.25, 0.3) is 0 Å². The number of carbonyl (C=O) groups excluding carboxylic acids is 1. The Balaban J connectivity index is 1.60. The van der Waals surface area contributed by atoms with Gasteiger partial charge in [0.2, 0.25) is 0 Å². The second kappa shape index (κ2) is 7.38. The second-order valence-corrected chi connectivity index (χ2v) is 6.40. The highest BCUT2D eigenvalue weighted by atomic mass is 16.6. The van der Waals surface area contributed by atoms with Crippen LogP contribution >= 0.6 is 0 Å². The van der Waals surface area contributed by atoms with E-state index in [-0.39, 0.29) is 30.2 Å². The van der Waals surface area contributed by atoms with Crippen molar-refractivity contribution in [2.75, 3.05) is 6.54 Å². The number of carboxylic acids is 1. The maximum Gasteiger partial charge on any atom is 0.410 e. The van der Waals surface area contributed by atoms with Crippen LogP contribution in [0.15, 0.2) is 54.6 Å². The molecule has 0 unspecified atom stereocenters. The molecule has 3 rings (SSSR count). The van der Waals surface area contributed by atoms with Crippen molar-refractivity contribution in [3.05, 3.63) is 71.3 Å². The minimum Gasteiger partial charge on any atom is -0.478 e. The summed E-state index contributed by atoms with van der Waals surface area (Å²) in [6.45, 7) is 2.86. The lowest BCUT2D eigenvalue weighted by molar-refractivity contribution is 0.0696. The lowest BCUT2D eigenvalue weighted by Gasteiger charge is -2.20. The van der Waals surface area contributed by atoms with Crippen LogP contribution in [0.5, 0.6) is 0 Å². The zero-order valence-corrected chi connectivity index (χ0v) is 14.1. The van der Waals surface area contributed by atoms with Gasteiger partial charge in [0.15, 0.2) is 0 Å². The summed E-state index contributed by atoms with van der Waals surface area (Å²) in [5, 5.41) is 8.98. The lowest BCUT2D eigenvalue weighted by atomic mass is 9.96. The molecule has 0 aromatic heterocycles. The molecule has 0 aliphatic carbocycles. The molecule has 1 N–H and O–H groups in total. The number of ether oxygens (including phenoxy) is 1. The van der Waals surface area contributed by atoms with E-state index >= 15 is 0 Å². The molecule has 0 spiro atoms. The van der Waals surface area contributed by atoms with Crippen LogP contribution in [0.2, 0.25) is 0 Å². The van der Waals surface area contributed by atoms with E-state index in [1.54, 1.807) is 17.0 Å². The van der Waals surface area contributed by atoms with Gasteiger partial charge < -0.3 is 14.7 Å². The third-order valence-corrected chi connectivity index (χ3v) is 4.64. The van der Waals surface area contributed by atoms with Crippen LogP contribution in [-0.4, -0.2) is 34.7 Å². The van der Waals surface area contributed by atoms with E-state index in [1.165, 1.54) is 0 Å². The number of carbonyl (C=O) groups is 2. The molecule has 1 heterocycles. The number of hydrogen-bond donors (Lipinski definition) is 1. The summed E-state index contributed by atoms with van der Waals surface area (Å²) in [7, 11) is 0. The Labute approximate surface area is 146 Å². The summed E-state index contributed by atoms with van der Waals surface area (Å²) >= 11 is 0. The molecule has 1 amide bonds. The predicted octanol–water partition coefficient (Wildman–Crippen LogP) is 3.90. The van der Waals surface area contributed by atoms with Gasteiger partial charge in [0, 0.05) is 18.5 Å². The molecule has 25 heavy (non-hydrogen) atoms. The Morgan fingerprint density at radius 3 is 2.44 bits per heavy atom. The van der Waals surface area contributed by atoms with Gasteiger partial charge in [-0.05, 0) is 36.6 Å². The van der Waals surface area contributed by atoms with Gasteiger partial charge >= 0.3 is 12.1 Å². The topological polar surface area (TPSA) is 66.8 Å². The largest absolute Gasteiger partial charge is 0.478 e. The fourth-order valence-electron chi connectivity index (χ4n) is 3.23. The maximum atomic E-state index is 12.4. The number of nitrogens with zero attached hydrogens (tertiary/aromatic N) is 1. The standard InChI is InChI=1S/C20H21NO4/c1-14-11-18(16-7-9-17(10-8-16)19(22)23)12-21(14)20(24)25-13-15-5-3-2-4-6-15/h2-10,14,18H,11-13H2,1H3,(H,22,23)/t14-,18+/m0/s1. The molecule has 5 nitrogen and oxygen atoms in total. The molecule has 2 atom stereocenters. The van der Waals surface area contributed by atoms with Gasteiger partial charge in [-0.1, -0.05) is 42.5 Å². The van der Waals surface area contributed by atoms with Gasteiger partial charge in [-0.25, -0.2) is 9.59 Å². The Kier molecular flexibility index (Phi) is 5.03. The van der Waals surface area contributed by atoms with Gasteiger partial charge in [0.05, 0.1) is 5.56 Å². The first-order chi connectivity index (χ1) is 12.0. The minimum atomic E-state index is -0.933. The van der Waals surface area contributed by atoms with E-state index in [9.17, 15) is 9.59 Å². The lowest BCUT2D eigenvalue weighted by Crippen LogP contribution is -2.34. The molecule has 2 aromatic carbocycles. The number of aromatic carboxylic acids is 1. The van der Waals surface area contributed by atoms with E-state index in [0.717, 1.165) is 17.5 Å². The van der Waals surface area contributed by atoms with Gasteiger partial charge in [-0.3, -0.25) is 0 Å². The maximum absolute atomic E-state index is 12.4. The van der Waals surface area contributed by atoms with Crippen molar-refractivity contribution in [3.63, 3.8) is 0 Å². The molecule has 130 valence electrons. The third-order valence-electron chi connectivity index (χ3n) is 4.64. The van der Waals surface area contributed by atoms with E-state index in [1.807, 2.05) is 49.4 Å². The van der Waals surface area contributed by atoms with Crippen molar-refractivity contribution >= 4 is 12.1 Å². The van der Waals surface area contributed by atoms with Crippen LogP contribution in [0.3, 0.4) is 0 Å². The minimum absolute atomic E-state index is 0.0902. The molecular formula is C20H21NO4. The summed E-state index contributed by atoms with van der Waals surface area (Å²) in [6.07, 6.45) is 0.536. The van der Waals surface area contributed by atoms with Crippen molar-refractivity contribution in [1.29, 1.82) is 0 Å². The molecular weight excluding hydrogens is 318 g/mol. The molecule has 2 aromatic rings. The Morgan fingerprint density at radius 1 is 1.12 bits per heavy atom. The fourth-order valence-corrected chi connectivity index (χ4v) is 3.23. The molecule has 1 fully saturated rings. The first-order valence-electron chi connectivity index (χ1n) is 8.35. The van der Waals surface area contributed by atoms with E-state index in [0.29, 0.717) is 6.54 Å². The molecule has 1 saturated heterocycles. The highest BCUT2D eigenvalue weighted by molar-refractivity contribution is 5.87. The number of benzene rings is 2. The van der Waals surface area contributed by atoms with Crippen LogP contribution in [0.4, 0.5) is 4.79 Å². The molecule has 0 saturated carbocycles. The van der Waals surface area contributed by atoms with Gasteiger partial charge in [0.25, 0.3) is 0 Å². The zero-order valence-electron chi connectivity index (χ0n) is 14.1. The summed E-state index contributed by atoms with van der Waals surface area (Å²) in [5.41, 5.74) is 2.28. The summed E-state index contributed by atoms with van der Waals surface area (Å²) < 4.78 is 5.43. The highest BCUT2D eigenvalue weighted by Gasteiger charge is 2.34. The summed E-state index contributed by atoms with van der Waals surface area (Å²) in [6, 6.07) is 16.6.